The number of carbonyl (C=O) groups excluding carboxylic acids is 1. The Morgan fingerprint density at radius 1 is 1.24 bits per heavy atom. The van der Waals surface area contributed by atoms with Crippen LogP contribution in [0.1, 0.15) is 22.3 Å². The van der Waals surface area contributed by atoms with E-state index in [1.807, 2.05) is 19.1 Å². The van der Waals surface area contributed by atoms with E-state index in [0.717, 1.165) is 5.56 Å². The number of hydrogen-bond donors (Lipinski definition) is 1. The van der Waals surface area contributed by atoms with Gasteiger partial charge in [-0.25, -0.2) is 0 Å². The molecule has 0 aromatic heterocycles. The molecule has 0 aliphatic carbocycles. The molecule has 1 aromatic carbocycles. The maximum Gasteiger partial charge on any atom is 0.321 e. The average Bonchev–Trinajstić information content (AvgIpc) is 2.25. The highest BCUT2D eigenvalue weighted by atomic mass is 16.4. The fourth-order valence-corrected chi connectivity index (χ4v) is 1.52. The van der Waals surface area contributed by atoms with Crippen LogP contribution < -0.4 is 0 Å². The molecule has 0 radical (unpaired) electrons. The number of carbonyl (C=O) groups is 2. The van der Waals surface area contributed by atoms with Gasteiger partial charge in [0.15, 0.2) is 5.78 Å². The zero-order valence-electron chi connectivity index (χ0n) is 10.3. The Balaban J connectivity index is 2.77. The first-order chi connectivity index (χ1) is 7.91. The van der Waals surface area contributed by atoms with Crippen molar-refractivity contribution >= 4 is 11.8 Å². The smallest absolute Gasteiger partial charge is 0.321 e. The minimum Gasteiger partial charge on any atom is -0.480 e. The van der Waals surface area contributed by atoms with Gasteiger partial charge in [-0.3, -0.25) is 14.5 Å². The van der Waals surface area contributed by atoms with Crippen LogP contribution in [-0.4, -0.2) is 41.9 Å². The largest absolute Gasteiger partial charge is 0.480 e. The molecule has 92 valence electrons. The molecule has 1 rings (SSSR count). The molecule has 17 heavy (non-hydrogen) atoms. The number of likely N-dealkylation sites (N-methyl/N-ethyl adjacent to an activating group) is 1. The Bertz CT molecular complexity index is 409. The SMILES string of the molecule is Cc1ccc(C(=O)CC(C(=O)O)N(C)C)cc1. The summed E-state index contributed by atoms with van der Waals surface area (Å²) in [5, 5.41) is 8.99. The van der Waals surface area contributed by atoms with E-state index in [-0.39, 0.29) is 12.2 Å². The third-order valence-corrected chi connectivity index (χ3v) is 2.66. The molecule has 1 aromatic rings. The van der Waals surface area contributed by atoms with Gasteiger partial charge in [-0.15, -0.1) is 0 Å². The van der Waals surface area contributed by atoms with Crippen molar-refractivity contribution in [3.8, 4) is 0 Å². The number of carboxylic acid groups (broad SMARTS) is 1. The molecular formula is C13H17NO3. The predicted octanol–water partition coefficient (Wildman–Crippen LogP) is 1.58. The molecule has 4 heteroatoms. The van der Waals surface area contributed by atoms with Gasteiger partial charge in [0.2, 0.25) is 0 Å². The summed E-state index contributed by atoms with van der Waals surface area (Å²) in [6.45, 7) is 1.94. The highest BCUT2D eigenvalue weighted by Crippen LogP contribution is 2.10. The van der Waals surface area contributed by atoms with Gasteiger partial charge in [0.05, 0.1) is 0 Å². The summed E-state index contributed by atoms with van der Waals surface area (Å²) in [4.78, 5) is 24.4. The number of rotatable bonds is 5. The molecule has 0 fully saturated rings. The lowest BCUT2D eigenvalue weighted by Gasteiger charge is -2.19. The Hall–Kier alpha value is -1.68. The minimum atomic E-state index is -0.976. The van der Waals surface area contributed by atoms with Gasteiger partial charge in [-0.05, 0) is 21.0 Å². The van der Waals surface area contributed by atoms with Crippen molar-refractivity contribution in [2.45, 2.75) is 19.4 Å². The zero-order valence-corrected chi connectivity index (χ0v) is 10.3. The number of benzene rings is 1. The quantitative estimate of drug-likeness (QED) is 0.787. The molecule has 0 amide bonds. The minimum absolute atomic E-state index is 0.00854. The van der Waals surface area contributed by atoms with E-state index in [4.69, 9.17) is 5.11 Å². The fourth-order valence-electron chi connectivity index (χ4n) is 1.52. The molecule has 0 saturated carbocycles. The summed E-state index contributed by atoms with van der Waals surface area (Å²) >= 11 is 0. The number of hydrogen-bond acceptors (Lipinski definition) is 3. The first-order valence-electron chi connectivity index (χ1n) is 5.41. The molecule has 1 N–H and O–H groups in total. The van der Waals surface area contributed by atoms with E-state index in [0.29, 0.717) is 5.56 Å². The summed E-state index contributed by atoms with van der Waals surface area (Å²) in [5.74, 6) is -1.12. The van der Waals surface area contributed by atoms with E-state index >= 15 is 0 Å². The fraction of sp³-hybridized carbons (Fsp3) is 0.385. The number of Topliss-reactive ketones (excluding diaryl/α,β-unsaturated/α-hetero) is 1. The van der Waals surface area contributed by atoms with Crippen LogP contribution in [0.15, 0.2) is 24.3 Å². The molecule has 0 aliphatic rings. The lowest BCUT2D eigenvalue weighted by Crippen LogP contribution is -2.37. The van der Waals surface area contributed by atoms with E-state index in [2.05, 4.69) is 0 Å². The van der Waals surface area contributed by atoms with Gasteiger partial charge in [-0.2, -0.15) is 0 Å². The first-order valence-corrected chi connectivity index (χ1v) is 5.41. The van der Waals surface area contributed by atoms with Crippen molar-refractivity contribution in [3.05, 3.63) is 35.4 Å². The topological polar surface area (TPSA) is 57.6 Å². The second-order valence-corrected chi connectivity index (χ2v) is 4.31. The van der Waals surface area contributed by atoms with Crippen molar-refractivity contribution in [1.29, 1.82) is 0 Å². The summed E-state index contributed by atoms with van der Waals surface area (Å²) in [5.41, 5.74) is 1.63. The second kappa shape index (κ2) is 5.59. The van der Waals surface area contributed by atoms with Crippen LogP contribution in [0.3, 0.4) is 0 Å². The van der Waals surface area contributed by atoms with Crippen LogP contribution in [-0.2, 0) is 4.79 Å². The van der Waals surface area contributed by atoms with E-state index in [1.165, 1.54) is 4.90 Å². The van der Waals surface area contributed by atoms with Crippen LogP contribution >= 0.6 is 0 Å². The highest BCUT2D eigenvalue weighted by Gasteiger charge is 2.23. The molecular weight excluding hydrogens is 218 g/mol. The van der Waals surface area contributed by atoms with E-state index < -0.39 is 12.0 Å². The summed E-state index contributed by atoms with van der Waals surface area (Å²) in [6.07, 6.45) is -0.00854. The number of nitrogens with zero attached hydrogens (tertiary/aromatic N) is 1. The second-order valence-electron chi connectivity index (χ2n) is 4.31. The lowest BCUT2D eigenvalue weighted by molar-refractivity contribution is -0.142. The maximum atomic E-state index is 11.9. The molecule has 0 aliphatic heterocycles. The van der Waals surface area contributed by atoms with Crippen molar-refractivity contribution in [1.82, 2.24) is 4.90 Å². The van der Waals surface area contributed by atoms with Crippen LogP contribution in [0.4, 0.5) is 0 Å². The Morgan fingerprint density at radius 2 is 1.76 bits per heavy atom. The summed E-state index contributed by atoms with van der Waals surface area (Å²) in [6, 6.07) is 6.37. The average molecular weight is 235 g/mol. The summed E-state index contributed by atoms with van der Waals surface area (Å²) in [7, 11) is 3.31. The molecule has 1 unspecified atom stereocenters. The molecule has 0 spiro atoms. The van der Waals surface area contributed by atoms with Gasteiger partial charge in [0, 0.05) is 12.0 Å². The number of aryl methyl sites for hydroxylation is 1. The monoisotopic (exact) mass is 235 g/mol. The number of ketones is 1. The summed E-state index contributed by atoms with van der Waals surface area (Å²) < 4.78 is 0. The standard InChI is InChI=1S/C13H17NO3/c1-9-4-6-10(7-5-9)12(15)8-11(13(16)17)14(2)3/h4-7,11H,8H2,1-3H3,(H,16,17). The molecule has 0 saturated heterocycles. The number of carboxylic acids is 1. The van der Waals surface area contributed by atoms with Gasteiger partial charge in [0.25, 0.3) is 0 Å². The van der Waals surface area contributed by atoms with Gasteiger partial charge in [0.1, 0.15) is 6.04 Å². The lowest BCUT2D eigenvalue weighted by atomic mass is 10.0. The van der Waals surface area contributed by atoms with E-state index in [1.54, 1.807) is 26.2 Å². The van der Waals surface area contributed by atoms with Crippen LogP contribution in [0.25, 0.3) is 0 Å². The predicted molar refractivity (Wildman–Crippen MR) is 65.2 cm³/mol. The third kappa shape index (κ3) is 3.67. The Kier molecular flexibility index (Phi) is 4.40. The first kappa shape index (κ1) is 13.4. The van der Waals surface area contributed by atoms with Gasteiger partial charge >= 0.3 is 5.97 Å². The Labute approximate surface area is 101 Å². The Morgan fingerprint density at radius 3 is 2.18 bits per heavy atom. The molecule has 4 nitrogen and oxygen atoms in total. The zero-order chi connectivity index (χ0) is 13.0. The molecule has 0 heterocycles. The molecule has 0 bridgehead atoms. The van der Waals surface area contributed by atoms with Crippen LogP contribution in [0.5, 0.6) is 0 Å². The van der Waals surface area contributed by atoms with Gasteiger partial charge in [-0.1, -0.05) is 29.8 Å². The molecule has 1 atom stereocenters. The van der Waals surface area contributed by atoms with E-state index in [9.17, 15) is 9.59 Å². The van der Waals surface area contributed by atoms with Crippen molar-refractivity contribution in [2.24, 2.45) is 0 Å². The van der Waals surface area contributed by atoms with Gasteiger partial charge < -0.3 is 5.11 Å². The van der Waals surface area contributed by atoms with Crippen molar-refractivity contribution in [3.63, 3.8) is 0 Å². The number of aliphatic carboxylic acids is 1. The normalized spacial score (nSPS) is 12.5. The van der Waals surface area contributed by atoms with Crippen molar-refractivity contribution < 1.29 is 14.7 Å². The highest BCUT2D eigenvalue weighted by molar-refractivity contribution is 5.98. The van der Waals surface area contributed by atoms with Crippen LogP contribution in [0, 0.1) is 6.92 Å². The van der Waals surface area contributed by atoms with Crippen molar-refractivity contribution in [2.75, 3.05) is 14.1 Å². The third-order valence-electron chi connectivity index (χ3n) is 2.66. The maximum absolute atomic E-state index is 11.9. The van der Waals surface area contributed by atoms with Crippen LogP contribution in [0.2, 0.25) is 0 Å².